The third-order valence-corrected chi connectivity index (χ3v) is 7.28. The lowest BCUT2D eigenvalue weighted by atomic mass is 9.78. The first-order valence-corrected chi connectivity index (χ1v) is 13.8. The summed E-state index contributed by atoms with van der Waals surface area (Å²) in [6.45, 7) is 15.5. The molecule has 12 heteroatoms. The summed E-state index contributed by atoms with van der Waals surface area (Å²) in [4.78, 5) is 25.5. The molecule has 1 aromatic heterocycles. The highest BCUT2D eigenvalue weighted by Crippen LogP contribution is 2.54. The van der Waals surface area contributed by atoms with Gasteiger partial charge in [-0.3, -0.25) is 18.9 Å². The molecule has 3 unspecified atom stereocenters. The van der Waals surface area contributed by atoms with E-state index in [0.717, 1.165) is 10.1 Å². The maximum absolute atomic E-state index is 15.4. The van der Waals surface area contributed by atoms with Gasteiger partial charge in [0.25, 0.3) is 5.56 Å². The zero-order valence-corrected chi connectivity index (χ0v) is 24.0. The van der Waals surface area contributed by atoms with Crippen molar-refractivity contribution >= 4 is 8.60 Å². The molecule has 0 radical (unpaired) electrons. The number of aromatic amines is 1. The second-order valence-corrected chi connectivity index (χ2v) is 12.2. The van der Waals surface area contributed by atoms with E-state index in [0.29, 0.717) is 5.56 Å². The molecule has 2 aliphatic rings. The summed E-state index contributed by atoms with van der Waals surface area (Å²) in [6.07, 6.45) is -0.394. The lowest BCUT2D eigenvalue weighted by molar-refractivity contribution is -0.346. The van der Waals surface area contributed by atoms with Crippen LogP contribution in [0.15, 0.2) is 27.9 Å². The molecule has 0 spiro atoms. The van der Waals surface area contributed by atoms with E-state index in [1.165, 1.54) is 12.3 Å². The molecule has 0 saturated carbocycles. The van der Waals surface area contributed by atoms with Gasteiger partial charge in [-0.15, -0.1) is 0 Å². The predicted molar refractivity (Wildman–Crippen MR) is 140 cm³/mol. The van der Waals surface area contributed by atoms with Gasteiger partial charge >= 0.3 is 20.3 Å². The first kappa shape index (κ1) is 30.4. The number of nitrogens with one attached hydrogen (secondary N) is 1. The van der Waals surface area contributed by atoms with Crippen molar-refractivity contribution in [3.8, 4) is 5.75 Å². The van der Waals surface area contributed by atoms with Gasteiger partial charge in [-0.2, -0.15) is 0 Å². The van der Waals surface area contributed by atoms with E-state index in [1.807, 2.05) is 55.4 Å². The number of nitrogens with zero attached hydrogens (tertiary/aromatic N) is 1. The van der Waals surface area contributed by atoms with Crippen LogP contribution in [0.5, 0.6) is 5.75 Å². The second kappa shape index (κ2) is 11.2. The zero-order valence-electron chi connectivity index (χ0n) is 23.1. The highest BCUT2D eigenvalue weighted by molar-refractivity contribution is 7.42. The Balaban J connectivity index is 0.00000195. The number of halogens is 1. The van der Waals surface area contributed by atoms with Crippen LogP contribution in [0, 0.1) is 5.82 Å². The van der Waals surface area contributed by atoms with Crippen molar-refractivity contribution in [3.05, 3.63) is 61.7 Å². The molecule has 2 aliphatic heterocycles. The molecule has 1 fully saturated rings. The van der Waals surface area contributed by atoms with E-state index < -0.39 is 54.8 Å². The number of H-pyrrole nitrogens is 1. The van der Waals surface area contributed by atoms with Crippen LogP contribution < -0.4 is 15.8 Å². The summed E-state index contributed by atoms with van der Waals surface area (Å²) >= 11 is 0. The second-order valence-electron chi connectivity index (χ2n) is 11.1. The summed E-state index contributed by atoms with van der Waals surface area (Å²) < 4.78 is 39.1. The van der Waals surface area contributed by atoms with E-state index in [4.69, 9.17) is 18.3 Å². The number of benzene rings is 1. The van der Waals surface area contributed by atoms with Crippen LogP contribution in [0.4, 0.5) is 4.39 Å². The van der Waals surface area contributed by atoms with Crippen molar-refractivity contribution in [2.45, 2.75) is 104 Å². The zero-order chi connectivity index (χ0) is 28.6. The SMILES string of the molecule is CC.CC(C)(C)c1cc(C(C)(C)C)c2c(c1F)COP(OC(O)(O)C1CCC(n3ccc(=O)[nH]c3=O)O1)O2. The third-order valence-electron chi connectivity index (χ3n) is 6.19. The number of hydrogen-bond donors (Lipinski definition) is 3. The monoisotopic (exact) mass is 556 g/mol. The van der Waals surface area contributed by atoms with Gasteiger partial charge in [-0.05, 0) is 35.3 Å². The molecular weight excluding hydrogens is 518 g/mol. The molecule has 212 valence electrons. The smallest absolute Gasteiger partial charge is 0.402 e. The van der Waals surface area contributed by atoms with E-state index in [-0.39, 0.29) is 30.8 Å². The largest absolute Gasteiger partial charge is 0.426 e. The molecule has 0 amide bonds. The van der Waals surface area contributed by atoms with Gasteiger partial charge in [-0.25, -0.2) is 13.7 Å². The molecule has 3 heterocycles. The van der Waals surface area contributed by atoms with Crippen LogP contribution in [-0.2, 0) is 31.2 Å². The minimum Gasteiger partial charge on any atom is -0.426 e. The summed E-state index contributed by atoms with van der Waals surface area (Å²) in [6, 6.07) is 2.95. The summed E-state index contributed by atoms with van der Waals surface area (Å²) in [5, 5.41) is 21.3. The fourth-order valence-corrected chi connectivity index (χ4v) is 5.29. The van der Waals surface area contributed by atoms with Crippen molar-refractivity contribution in [1.82, 2.24) is 9.55 Å². The molecule has 0 bridgehead atoms. The van der Waals surface area contributed by atoms with Crippen LogP contribution in [-0.4, -0.2) is 31.8 Å². The first-order chi connectivity index (χ1) is 17.6. The highest BCUT2D eigenvalue weighted by Gasteiger charge is 2.47. The molecule has 3 N–H and O–H groups in total. The number of fused-ring (bicyclic) bond motifs is 1. The number of ether oxygens (including phenoxy) is 1. The summed E-state index contributed by atoms with van der Waals surface area (Å²) in [7, 11) is -2.32. The summed E-state index contributed by atoms with van der Waals surface area (Å²) in [5.41, 5.74) is -0.549. The lowest BCUT2D eigenvalue weighted by Gasteiger charge is -2.35. The van der Waals surface area contributed by atoms with E-state index >= 15 is 4.39 Å². The quantitative estimate of drug-likeness (QED) is 0.371. The van der Waals surface area contributed by atoms with Gasteiger partial charge in [0, 0.05) is 17.8 Å². The van der Waals surface area contributed by atoms with Crippen LogP contribution in [0.2, 0.25) is 0 Å². The van der Waals surface area contributed by atoms with Crippen molar-refractivity contribution in [1.29, 1.82) is 0 Å². The van der Waals surface area contributed by atoms with Crippen LogP contribution >= 0.6 is 8.60 Å². The minimum absolute atomic E-state index is 0.139. The normalized spacial score (nSPS) is 21.8. The molecule has 38 heavy (non-hydrogen) atoms. The molecule has 1 saturated heterocycles. The Morgan fingerprint density at radius 2 is 1.71 bits per heavy atom. The van der Waals surface area contributed by atoms with E-state index in [2.05, 4.69) is 4.98 Å². The fourth-order valence-electron chi connectivity index (χ4n) is 4.22. The van der Waals surface area contributed by atoms with Crippen LogP contribution in [0.1, 0.15) is 91.1 Å². The Morgan fingerprint density at radius 1 is 1.08 bits per heavy atom. The van der Waals surface area contributed by atoms with E-state index in [1.54, 1.807) is 6.07 Å². The molecule has 1 aromatic carbocycles. The van der Waals surface area contributed by atoms with Gasteiger partial charge < -0.3 is 19.5 Å². The number of aliphatic hydroxyl groups is 2. The van der Waals surface area contributed by atoms with Crippen molar-refractivity contribution in [2.75, 3.05) is 0 Å². The number of rotatable bonds is 4. The van der Waals surface area contributed by atoms with Crippen LogP contribution in [0.25, 0.3) is 0 Å². The third kappa shape index (κ3) is 6.35. The Kier molecular flexibility index (Phi) is 8.92. The Labute approximate surface area is 222 Å². The molecule has 10 nitrogen and oxygen atoms in total. The fraction of sp³-hybridized carbons (Fsp3) is 0.615. The molecule has 0 aliphatic carbocycles. The van der Waals surface area contributed by atoms with Crippen LogP contribution in [0.3, 0.4) is 0 Å². The average molecular weight is 557 g/mol. The highest BCUT2D eigenvalue weighted by atomic mass is 31.2. The van der Waals surface area contributed by atoms with Gasteiger partial charge in [0.2, 0.25) is 0 Å². The minimum atomic E-state index is -2.81. The Hall–Kier alpha value is -2.14. The Bertz CT molecular complexity index is 1260. The first-order valence-electron chi connectivity index (χ1n) is 12.7. The van der Waals surface area contributed by atoms with Gasteiger partial charge in [-0.1, -0.05) is 55.4 Å². The summed E-state index contributed by atoms with van der Waals surface area (Å²) in [5.74, 6) is -2.96. The average Bonchev–Trinajstić information content (AvgIpc) is 3.30. The number of aromatic nitrogens is 2. The molecule has 2 aromatic rings. The maximum atomic E-state index is 15.4. The van der Waals surface area contributed by atoms with Crippen molar-refractivity contribution < 1.29 is 32.9 Å². The Morgan fingerprint density at radius 3 is 2.29 bits per heavy atom. The van der Waals surface area contributed by atoms with Gasteiger partial charge in [0.15, 0.2) is 0 Å². The predicted octanol–water partition coefficient (Wildman–Crippen LogP) is 4.47. The van der Waals surface area contributed by atoms with E-state index in [9.17, 15) is 19.8 Å². The lowest BCUT2D eigenvalue weighted by Crippen LogP contribution is -2.44. The number of hydrogen-bond acceptors (Lipinski definition) is 8. The van der Waals surface area contributed by atoms with Crippen molar-refractivity contribution in [2.24, 2.45) is 0 Å². The molecular formula is C26H38FN2O8P. The standard InChI is InChI=1S/C24H32FN2O8P.C2H6/c1-22(2,3)14-11-15(23(4,5)6)20-13(19(14)25)12-32-36(34-20)35-24(30,31)16-7-8-18(33-16)27-10-9-17(28)26-21(27)29;1-2/h9-11,16,18,30-31H,7-8,12H2,1-6H3,(H,26,28,29);1-2H3. The van der Waals surface area contributed by atoms with Crippen molar-refractivity contribution in [3.63, 3.8) is 0 Å². The molecule has 3 atom stereocenters. The maximum Gasteiger partial charge on any atom is 0.402 e. The topological polar surface area (TPSA) is 132 Å². The van der Waals surface area contributed by atoms with Gasteiger partial charge in [0.05, 0.1) is 12.2 Å². The van der Waals surface area contributed by atoms with Gasteiger partial charge in [0.1, 0.15) is 23.9 Å². The molecule has 4 rings (SSSR count).